The zero-order valence-electron chi connectivity index (χ0n) is 11.2. The maximum Gasteiger partial charge on any atom is 0.417 e. The molecule has 1 rings (SSSR count). The lowest BCUT2D eigenvalue weighted by molar-refractivity contribution is -0.125. The quantitative estimate of drug-likeness (QED) is 0.782. The summed E-state index contributed by atoms with van der Waals surface area (Å²) in [6.07, 6.45) is -0.00296. The highest BCUT2D eigenvalue weighted by Crippen LogP contribution is 2.20. The smallest absolute Gasteiger partial charge is 0.417 e. The number of hydrogen-bond donors (Lipinski definition) is 0. The van der Waals surface area contributed by atoms with Crippen LogP contribution in [0.4, 0.5) is 4.79 Å². The van der Waals surface area contributed by atoms with E-state index in [1.165, 1.54) is 0 Å². The second-order valence-electron chi connectivity index (χ2n) is 4.98. The number of carbonyl (C=O) groups is 3. The Bertz CT molecular complexity index is 450. The van der Waals surface area contributed by atoms with Gasteiger partial charge in [0.1, 0.15) is 17.9 Å². The lowest BCUT2D eigenvalue weighted by Crippen LogP contribution is -2.39. The molecular weight excluding hydrogens is 246 g/mol. The van der Waals surface area contributed by atoms with Crippen LogP contribution in [-0.2, 0) is 14.3 Å². The topological polar surface area (TPSA) is 63.7 Å². The summed E-state index contributed by atoms with van der Waals surface area (Å²) in [4.78, 5) is 34.9. The van der Waals surface area contributed by atoms with Crippen LogP contribution in [0, 0.1) is 0 Å². The number of imide groups is 1. The number of benzene rings is 1. The largest absolute Gasteiger partial charge is 0.443 e. The predicted octanol–water partition coefficient (Wildman–Crippen LogP) is 2.32. The molecule has 0 saturated heterocycles. The summed E-state index contributed by atoms with van der Waals surface area (Å²) in [5.74, 6) is 0. The van der Waals surface area contributed by atoms with E-state index in [0.717, 1.165) is 4.90 Å². The molecule has 0 aliphatic carbocycles. The van der Waals surface area contributed by atoms with Crippen LogP contribution in [0.2, 0.25) is 0 Å². The molecule has 0 fully saturated rings. The zero-order valence-corrected chi connectivity index (χ0v) is 11.2. The Morgan fingerprint density at radius 2 is 1.79 bits per heavy atom. The van der Waals surface area contributed by atoms with Gasteiger partial charge in [-0.25, -0.2) is 9.69 Å². The van der Waals surface area contributed by atoms with Crippen LogP contribution < -0.4 is 0 Å². The van der Waals surface area contributed by atoms with Gasteiger partial charge in [0, 0.05) is 0 Å². The van der Waals surface area contributed by atoms with Crippen LogP contribution >= 0.6 is 0 Å². The van der Waals surface area contributed by atoms with Gasteiger partial charge >= 0.3 is 6.09 Å². The van der Waals surface area contributed by atoms with Crippen LogP contribution in [0.3, 0.4) is 0 Å². The van der Waals surface area contributed by atoms with Gasteiger partial charge < -0.3 is 9.53 Å². The molecule has 0 aliphatic heterocycles. The average Bonchev–Trinajstić information content (AvgIpc) is 2.34. The summed E-state index contributed by atoms with van der Waals surface area (Å²) in [5, 5.41) is 0. The molecule has 0 heterocycles. The first-order chi connectivity index (χ1) is 8.89. The maximum atomic E-state index is 11.9. The minimum absolute atomic E-state index is 0.306. The third kappa shape index (κ3) is 4.21. The first kappa shape index (κ1) is 14.9. The van der Waals surface area contributed by atoms with Crippen molar-refractivity contribution in [1.29, 1.82) is 0 Å². The van der Waals surface area contributed by atoms with E-state index in [2.05, 4.69) is 0 Å². The second kappa shape index (κ2) is 6.13. The number of amides is 2. The summed E-state index contributed by atoms with van der Waals surface area (Å²) >= 11 is 0. The van der Waals surface area contributed by atoms with Crippen molar-refractivity contribution in [2.24, 2.45) is 0 Å². The Hall–Kier alpha value is -2.17. The molecule has 0 aromatic heterocycles. The van der Waals surface area contributed by atoms with E-state index in [0.29, 0.717) is 18.3 Å². The highest BCUT2D eigenvalue weighted by atomic mass is 16.6. The van der Waals surface area contributed by atoms with Gasteiger partial charge in [-0.05, 0) is 26.3 Å². The van der Waals surface area contributed by atoms with Gasteiger partial charge in [0.2, 0.25) is 6.41 Å². The SMILES string of the molecule is CC(C)(C)OC(=O)N(C=O)[C@H](C=O)c1ccccc1. The molecule has 1 aromatic carbocycles. The molecule has 0 radical (unpaired) electrons. The fourth-order valence-corrected chi connectivity index (χ4v) is 1.49. The number of rotatable bonds is 4. The van der Waals surface area contributed by atoms with Crippen molar-refractivity contribution in [1.82, 2.24) is 4.90 Å². The number of aldehydes is 1. The molecular formula is C14H17NO4. The standard InChI is InChI=1S/C14H17NO4/c1-14(2,3)19-13(18)15(10-17)12(9-16)11-7-5-4-6-8-11/h4-10,12H,1-3H3/t12-/m1/s1. The van der Waals surface area contributed by atoms with Gasteiger partial charge in [-0.1, -0.05) is 30.3 Å². The fourth-order valence-electron chi connectivity index (χ4n) is 1.49. The van der Waals surface area contributed by atoms with Crippen molar-refractivity contribution in [3.63, 3.8) is 0 Å². The molecule has 2 amide bonds. The molecule has 102 valence electrons. The number of ether oxygens (including phenoxy) is 1. The lowest BCUT2D eigenvalue weighted by Gasteiger charge is -2.26. The fraction of sp³-hybridized carbons (Fsp3) is 0.357. The third-order valence-corrected chi connectivity index (χ3v) is 2.29. The normalized spacial score (nSPS) is 12.4. The molecule has 0 bridgehead atoms. The van der Waals surface area contributed by atoms with Gasteiger partial charge in [-0.2, -0.15) is 0 Å². The van der Waals surface area contributed by atoms with E-state index in [-0.39, 0.29) is 0 Å². The van der Waals surface area contributed by atoms with Gasteiger partial charge in [-0.3, -0.25) is 4.79 Å². The van der Waals surface area contributed by atoms with E-state index >= 15 is 0 Å². The molecule has 1 aromatic rings. The maximum absolute atomic E-state index is 11.9. The van der Waals surface area contributed by atoms with Crippen molar-refractivity contribution in [3.8, 4) is 0 Å². The predicted molar refractivity (Wildman–Crippen MR) is 69.4 cm³/mol. The number of nitrogens with zero attached hydrogens (tertiary/aromatic N) is 1. The van der Waals surface area contributed by atoms with Crippen molar-refractivity contribution < 1.29 is 19.1 Å². The Morgan fingerprint density at radius 1 is 1.21 bits per heavy atom. The zero-order chi connectivity index (χ0) is 14.5. The molecule has 0 spiro atoms. The molecule has 5 nitrogen and oxygen atoms in total. The monoisotopic (exact) mass is 263 g/mol. The van der Waals surface area contributed by atoms with E-state index < -0.39 is 17.7 Å². The molecule has 5 heteroatoms. The number of carbonyl (C=O) groups excluding carboxylic acids is 3. The Labute approximate surface area is 112 Å². The molecule has 1 atom stereocenters. The van der Waals surface area contributed by atoms with Gasteiger partial charge in [0.05, 0.1) is 0 Å². The lowest BCUT2D eigenvalue weighted by atomic mass is 10.1. The van der Waals surface area contributed by atoms with Gasteiger partial charge in [0.15, 0.2) is 0 Å². The van der Waals surface area contributed by atoms with Crippen LogP contribution in [0.15, 0.2) is 30.3 Å². The highest BCUT2D eigenvalue weighted by Gasteiger charge is 2.28. The van der Waals surface area contributed by atoms with E-state index in [9.17, 15) is 14.4 Å². The van der Waals surface area contributed by atoms with Crippen LogP contribution in [0.5, 0.6) is 0 Å². The number of hydrogen-bond acceptors (Lipinski definition) is 4. The highest BCUT2D eigenvalue weighted by molar-refractivity contribution is 5.85. The minimum atomic E-state index is -0.978. The summed E-state index contributed by atoms with van der Waals surface area (Å²) in [7, 11) is 0. The van der Waals surface area contributed by atoms with E-state index in [4.69, 9.17) is 4.74 Å². The van der Waals surface area contributed by atoms with Crippen LogP contribution in [0.25, 0.3) is 0 Å². The third-order valence-electron chi connectivity index (χ3n) is 2.29. The van der Waals surface area contributed by atoms with Crippen molar-refractivity contribution >= 4 is 18.8 Å². The summed E-state index contributed by atoms with van der Waals surface area (Å²) < 4.78 is 5.09. The average molecular weight is 263 g/mol. The van der Waals surface area contributed by atoms with Crippen molar-refractivity contribution in [3.05, 3.63) is 35.9 Å². The van der Waals surface area contributed by atoms with Crippen LogP contribution in [0.1, 0.15) is 32.4 Å². The summed E-state index contributed by atoms with van der Waals surface area (Å²) in [6, 6.07) is 7.59. The summed E-state index contributed by atoms with van der Waals surface area (Å²) in [6.45, 7) is 5.06. The molecule has 0 saturated carbocycles. The van der Waals surface area contributed by atoms with E-state index in [1.54, 1.807) is 51.1 Å². The second-order valence-corrected chi connectivity index (χ2v) is 4.98. The first-order valence-electron chi connectivity index (χ1n) is 5.86. The molecule has 19 heavy (non-hydrogen) atoms. The van der Waals surface area contributed by atoms with Crippen molar-refractivity contribution in [2.45, 2.75) is 32.4 Å². The Morgan fingerprint density at radius 3 is 2.21 bits per heavy atom. The summed E-state index contributed by atoms with van der Waals surface area (Å²) in [5.41, 5.74) is -0.182. The van der Waals surface area contributed by atoms with Crippen LogP contribution in [-0.4, -0.2) is 29.3 Å². The van der Waals surface area contributed by atoms with Gasteiger partial charge in [-0.15, -0.1) is 0 Å². The Kier molecular flexibility index (Phi) is 4.80. The molecule has 0 unspecified atom stereocenters. The minimum Gasteiger partial charge on any atom is -0.443 e. The first-order valence-corrected chi connectivity index (χ1v) is 5.86. The van der Waals surface area contributed by atoms with E-state index in [1.807, 2.05) is 0 Å². The van der Waals surface area contributed by atoms with Crippen molar-refractivity contribution in [2.75, 3.05) is 0 Å². The molecule has 0 aliphatic rings. The Balaban J connectivity index is 2.97. The molecule has 0 N–H and O–H groups in total. The van der Waals surface area contributed by atoms with Gasteiger partial charge in [0.25, 0.3) is 0 Å².